The molecule has 6 nitrogen and oxygen atoms in total. The predicted molar refractivity (Wildman–Crippen MR) is 91.1 cm³/mol. The molecular weight excluding hydrogens is 369 g/mol. The SMILES string of the molecule is C[C@H](N)c1nc2c(C(F)(F)F)cccc2c(O)c1C(=O)Nc1nccs1. The number of benzene rings is 1. The number of hydrogen-bond donors (Lipinski definition) is 3. The van der Waals surface area contributed by atoms with Crippen LogP contribution in [0.3, 0.4) is 0 Å². The summed E-state index contributed by atoms with van der Waals surface area (Å²) in [6, 6.07) is 2.37. The van der Waals surface area contributed by atoms with E-state index in [2.05, 4.69) is 15.3 Å². The zero-order valence-electron chi connectivity index (χ0n) is 13.3. The van der Waals surface area contributed by atoms with Crippen LogP contribution in [0.4, 0.5) is 18.3 Å². The van der Waals surface area contributed by atoms with Crippen molar-refractivity contribution in [1.29, 1.82) is 0 Å². The van der Waals surface area contributed by atoms with Crippen molar-refractivity contribution in [3.8, 4) is 5.75 Å². The fraction of sp³-hybridized carbons (Fsp3) is 0.188. The number of nitrogens with two attached hydrogens (primary N) is 1. The number of alkyl halides is 3. The van der Waals surface area contributed by atoms with E-state index in [4.69, 9.17) is 5.73 Å². The van der Waals surface area contributed by atoms with Crippen LogP contribution in [0.1, 0.15) is 34.6 Å². The van der Waals surface area contributed by atoms with Gasteiger partial charge in [-0.3, -0.25) is 10.1 Å². The van der Waals surface area contributed by atoms with E-state index in [0.717, 1.165) is 23.5 Å². The van der Waals surface area contributed by atoms with Crippen LogP contribution in [0.25, 0.3) is 10.9 Å². The minimum Gasteiger partial charge on any atom is -0.506 e. The molecule has 2 aromatic heterocycles. The Hall–Kier alpha value is -2.72. The molecule has 2 heterocycles. The van der Waals surface area contributed by atoms with E-state index in [1.807, 2.05) is 0 Å². The predicted octanol–water partition coefficient (Wildman–Crippen LogP) is 3.69. The Bertz CT molecular complexity index is 972. The van der Waals surface area contributed by atoms with Crippen LogP contribution < -0.4 is 11.1 Å². The van der Waals surface area contributed by atoms with Gasteiger partial charge in [0.05, 0.1) is 16.8 Å². The highest BCUT2D eigenvalue weighted by molar-refractivity contribution is 7.13. The smallest absolute Gasteiger partial charge is 0.418 e. The Morgan fingerprint density at radius 2 is 2.12 bits per heavy atom. The second-order valence-corrected chi connectivity index (χ2v) is 6.39. The minimum absolute atomic E-state index is 0.138. The summed E-state index contributed by atoms with van der Waals surface area (Å²) >= 11 is 1.15. The summed E-state index contributed by atoms with van der Waals surface area (Å²) in [4.78, 5) is 20.4. The summed E-state index contributed by atoms with van der Waals surface area (Å²) in [7, 11) is 0. The minimum atomic E-state index is -4.67. The van der Waals surface area contributed by atoms with Crippen molar-refractivity contribution >= 4 is 33.3 Å². The Labute approximate surface area is 149 Å². The zero-order chi connectivity index (χ0) is 19.1. The maximum absolute atomic E-state index is 13.3. The number of nitrogens with zero attached hydrogens (tertiary/aromatic N) is 2. The van der Waals surface area contributed by atoms with Gasteiger partial charge in [-0.05, 0) is 19.1 Å². The standard InChI is InChI=1S/C16H13F3N4O2S/c1-7(20)11-10(14(25)23-15-21-5-6-26-15)13(24)8-3-2-4-9(12(8)22-11)16(17,18)19/h2-7H,20H2,1H3,(H,22,24)(H,21,23,25)/t7-/m0/s1. The summed E-state index contributed by atoms with van der Waals surface area (Å²) < 4.78 is 39.8. The lowest BCUT2D eigenvalue weighted by Gasteiger charge is -2.17. The van der Waals surface area contributed by atoms with Gasteiger partial charge in [-0.1, -0.05) is 6.07 Å². The molecule has 136 valence electrons. The van der Waals surface area contributed by atoms with E-state index in [1.165, 1.54) is 19.2 Å². The van der Waals surface area contributed by atoms with Crippen LogP contribution in [0, 0.1) is 0 Å². The second kappa shape index (κ2) is 6.54. The van der Waals surface area contributed by atoms with Crippen LogP contribution in [-0.4, -0.2) is 21.0 Å². The number of fused-ring (bicyclic) bond motifs is 1. The zero-order valence-corrected chi connectivity index (χ0v) is 14.1. The van der Waals surface area contributed by atoms with E-state index in [1.54, 1.807) is 5.38 Å². The number of carbonyl (C=O) groups is 1. The largest absolute Gasteiger partial charge is 0.506 e. The molecule has 0 aliphatic heterocycles. The van der Waals surface area contributed by atoms with Gasteiger partial charge in [-0.2, -0.15) is 13.2 Å². The average molecular weight is 382 g/mol. The monoisotopic (exact) mass is 382 g/mol. The van der Waals surface area contributed by atoms with Crippen molar-refractivity contribution in [3.63, 3.8) is 0 Å². The highest BCUT2D eigenvalue weighted by Crippen LogP contribution is 2.39. The summed E-state index contributed by atoms with van der Waals surface area (Å²) in [6.07, 6.45) is -3.19. The number of rotatable bonds is 3. The van der Waals surface area contributed by atoms with Crippen molar-refractivity contribution in [2.24, 2.45) is 5.73 Å². The van der Waals surface area contributed by atoms with Crippen molar-refractivity contribution in [2.45, 2.75) is 19.1 Å². The topological polar surface area (TPSA) is 101 Å². The number of anilines is 1. The number of hydrogen-bond acceptors (Lipinski definition) is 6. The molecule has 3 rings (SSSR count). The van der Waals surface area contributed by atoms with E-state index >= 15 is 0 Å². The third kappa shape index (κ3) is 3.20. The van der Waals surface area contributed by atoms with Gasteiger partial charge in [0.25, 0.3) is 5.91 Å². The van der Waals surface area contributed by atoms with Gasteiger partial charge in [-0.25, -0.2) is 9.97 Å². The molecule has 4 N–H and O–H groups in total. The van der Waals surface area contributed by atoms with Crippen LogP contribution in [0.2, 0.25) is 0 Å². The van der Waals surface area contributed by atoms with E-state index in [-0.39, 0.29) is 21.8 Å². The molecule has 0 unspecified atom stereocenters. The van der Waals surface area contributed by atoms with Crippen LogP contribution in [-0.2, 0) is 6.18 Å². The molecule has 1 amide bonds. The number of carbonyl (C=O) groups excluding carboxylic acids is 1. The molecular formula is C16H13F3N4O2S. The van der Waals surface area contributed by atoms with Gasteiger partial charge in [0.1, 0.15) is 11.3 Å². The van der Waals surface area contributed by atoms with Crippen molar-refractivity contribution in [1.82, 2.24) is 9.97 Å². The van der Waals surface area contributed by atoms with E-state index in [0.29, 0.717) is 0 Å². The summed E-state index contributed by atoms with van der Waals surface area (Å²) in [5.74, 6) is -1.36. The molecule has 0 fully saturated rings. The van der Waals surface area contributed by atoms with Gasteiger partial charge in [0, 0.05) is 23.0 Å². The van der Waals surface area contributed by atoms with E-state index in [9.17, 15) is 23.1 Å². The Morgan fingerprint density at radius 3 is 2.69 bits per heavy atom. The molecule has 0 saturated heterocycles. The molecule has 1 aromatic carbocycles. The lowest BCUT2D eigenvalue weighted by atomic mass is 10.0. The highest BCUT2D eigenvalue weighted by Gasteiger charge is 2.35. The van der Waals surface area contributed by atoms with Gasteiger partial charge >= 0.3 is 6.18 Å². The maximum Gasteiger partial charge on any atom is 0.418 e. The summed E-state index contributed by atoms with van der Waals surface area (Å²) in [5, 5.41) is 14.7. The third-order valence-corrected chi connectivity index (χ3v) is 4.32. The maximum atomic E-state index is 13.3. The van der Waals surface area contributed by atoms with Crippen LogP contribution in [0.5, 0.6) is 5.75 Å². The molecule has 0 aliphatic carbocycles. The first-order valence-corrected chi connectivity index (χ1v) is 8.27. The van der Waals surface area contributed by atoms with Gasteiger partial charge < -0.3 is 10.8 Å². The number of nitrogens with one attached hydrogen (secondary N) is 1. The number of aromatic hydroxyl groups is 1. The molecule has 0 aliphatic rings. The molecule has 1 atom stereocenters. The normalized spacial score (nSPS) is 13.0. The molecule has 0 spiro atoms. The van der Waals surface area contributed by atoms with Crippen LogP contribution in [0.15, 0.2) is 29.8 Å². The number of aromatic nitrogens is 2. The van der Waals surface area contributed by atoms with Gasteiger partial charge in [0.15, 0.2) is 5.13 Å². The number of halogens is 3. The molecule has 3 aromatic rings. The number of amides is 1. The molecule has 0 radical (unpaired) electrons. The average Bonchev–Trinajstić information content (AvgIpc) is 3.05. The van der Waals surface area contributed by atoms with Crippen molar-refractivity contribution in [2.75, 3.05) is 5.32 Å². The van der Waals surface area contributed by atoms with Crippen molar-refractivity contribution in [3.05, 3.63) is 46.6 Å². The number of para-hydroxylation sites is 1. The molecule has 10 heteroatoms. The molecule has 0 bridgehead atoms. The van der Waals surface area contributed by atoms with E-state index < -0.39 is 35.0 Å². The Balaban J connectivity index is 2.24. The Morgan fingerprint density at radius 1 is 1.38 bits per heavy atom. The highest BCUT2D eigenvalue weighted by atomic mass is 32.1. The fourth-order valence-corrected chi connectivity index (χ4v) is 3.04. The van der Waals surface area contributed by atoms with Gasteiger partial charge in [0.2, 0.25) is 0 Å². The van der Waals surface area contributed by atoms with Crippen molar-refractivity contribution < 1.29 is 23.1 Å². The quantitative estimate of drug-likeness (QED) is 0.641. The number of pyridine rings is 1. The fourth-order valence-electron chi connectivity index (χ4n) is 2.51. The first-order chi connectivity index (χ1) is 12.2. The first-order valence-electron chi connectivity index (χ1n) is 7.39. The molecule has 26 heavy (non-hydrogen) atoms. The van der Waals surface area contributed by atoms with Crippen LogP contribution >= 0.6 is 11.3 Å². The van der Waals surface area contributed by atoms with Gasteiger partial charge in [-0.15, -0.1) is 11.3 Å². The molecule has 0 saturated carbocycles. The summed E-state index contributed by atoms with van der Waals surface area (Å²) in [6.45, 7) is 1.46. The Kier molecular flexibility index (Phi) is 4.55. The third-order valence-electron chi connectivity index (χ3n) is 3.63. The summed E-state index contributed by atoms with van der Waals surface area (Å²) in [5.41, 5.74) is 3.91. The lowest BCUT2D eigenvalue weighted by molar-refractivity contribution is -0.136. The first kappa shape index (κ1) is 18.1. The second-order valence-electron chi connectivity index (χ2n) is 5.50. The number of thiazole rings is 1. The lowest BCUT2D eigenvalue weighted by Crippen LogP contribution is -2.20.